The lowest BCUT2D eigenvalue weighted by molar-refractivity contribution is -0.134. The monoisotopic (exact) mass is 446 g/mol. The van der Waals surface area contributed by atoms with Crippen molar-refractivity contribution < 1.29 is 23.1 Å². The van der Waals surface area contributed by atoms with Gasteiger partial charge in [0.25, 0.3) is 11.9 Å². The molecule has 10 heteroatoms. The Morgan fingerprint density at radius 2 is 1.39 bits per heavy atom. The van der Waals surface area contributed by atoms with E-state index in [1.807, 2.05) is 6.92 Å². The van der Waals surface area contributed by atoms with Crippen molar-refractivity contribution in [1.82, 2.24) is 9.21 Å². The first-order valence-electron chi connectivity index (χ1n) is 9.52. The van der Waals surface area contributed by atoms with Crippen LogP contribution in [0.3, 0.4) is 0 Å². The lowest BCUT2D eigenvalue weighted by Gasteiger charge is -2.34. The van der Waals surface area contributed by atoms with Crippen molar-refractivity contribution in [3.8, 4) is 0 Å². The number of sulfonamides is 1. The Morgan fingerprint density at radius 3 is 1.84 bits per heavy atom. The van der Waals surface area contributed by atoms with Crippen molar-refractivity contribution >= 4 is 27.7 Å². The minimum Gasteiger partial charge on any atom is -0.481 e. The fourth-order valence-electron chi connectivity index (χ4n) is 2.97. The highest BCUT2D eigenvalue weighted by Crippen LogP contribution is 2.19. The van der Waals surface area contributed by atoms with E-state index in [0.29, 0.717) is 24.2 Å². The van der Waals surface area contributed by atoms with Gasteiger partial charge in [-0.15, -0.1) is 0 Å². The molecule has 1 fully saturated rings. The van der Waals surface area contributed by atoms with Crippen LogP contribution in [0.4, 0.5) is 0 Å². The molecule has 0 radical (unpaired) electrons. The zero-order chi connectivity index (χ0) is 23.2. The highest BCUT2D eigenvalue weighted by molar-refractivity contribution is 7.89. The maximum absolute atomic E-state index is 12.7. The molecule has 1 aliphatic rings. The van der Waals surface area contributed by atoms with E-state index < -0.39 is 16.0 Å². The van der Waals surface area contributed by atoms with Gasteiger partial charge in [-0.05, 0) is 31.2 Å². The molecule has 0 bridgehead atoms. The van der Waals surface area contributed by atoms with Crippen LogP contribution in [-0.4, -0.2) is 66.6 Å². The van der Waals surface area contributed by atoms with E-state index in [0.717, 1.165) is 12.5 Å². The number of aryl methyl sites for hydroxylation is 1. The largest absolute Gasteiger partial charge is 0.481 e. The SMILES string of the molecule is CC(=O)O.Cc1ccc(S(=O)(=O)N2CCN(C(=O)c3ccc(C(=N)N)cc3)CC2)cc1. The molecule has 3 rings (SSSR count). The number of amidine groups is 1. The number of hydrogen-bond donors (Lipinski definition) is 3. The molecule has 1 aliphatic heterocycles. The Morgan fingerprint density at radius 1 is 0.935 bits per heavy atom. The zero-order valence-corrected chi connectivity index (χ0v) is 18.2. The normalized spacial score (nSPS) is 14.3. The van der Waals surface area contributed by atoms with E-state index >= 15 is 0 Å². The van der Waals surface area contributed by atoms with Crippen LogP contribution >= 0.6 is 0 Å². The summed E-state index contributed by atoms with van der Waals surface area (Å²) in [6.07, 6.45) is 0. The number of carboxylic acids is 1. The standard InChI is InChI=1S/C19H22N4O3S.C2H4O2/c1-14-2-8-17(9-3-14)27(25,26)23-12-10-22(11-13-23)19(24)16-6-4-15(5-7-16)18(20)21;1-2(3)4/h2-9H,10-13H2,1H3,(H3,20,21);1H3,(H,3,4). The lowest BCUT2D eigenvalue weighted by Crippen LogP contribution is -2.50. The highest BCUT2D eigenvalue weighted by atomic mass is 32.2. The number of nitrogens with two attached hydrogens (primary N) is 1. The third kappa shape index (κ3) is 6.37. The van der Waals surface area contributed by atoms with Crippen LogP contribution in [0.2, 0.25) is 0 Å². The van der Waals surface area contributed by atoms with Gasteiger partial charge in [-0.3, -0.25) is 15.0 Å². The van der Waals surface area contributed by atoms with E-state index in [1.165, 1.54) is 4.31 Å². The summed E-state index contributed by atoms with van der Waals surface area (Å²) in [5, 5.41) is 14.8. The first-order valence-corrected chi connectivity index (χ1v) is 11.0. The molecule has 4 N–H and O–H groups in total. The molecule has 0 unspecified atom stereocenters. The van der Waals surface area contributed by atoms with E-state index in [2.05, 4.69) is 0 Å². The van der Waals surface area contributed by atoms with Crippen LogP contribution in [0.25, 0.3) is 0 Å². The number of nitrogen functional groups attached to an aromatic ring is 1. The van der Waals surface area contributed by atoms with Crippen molar-refractivity contribution in [2.45, 2.75) is 18.7 Å². The number of piperazine rings is 1. The molecule has 0 atom stereocenters. The van der Waals surface area contributed by atoms with Gasteiger partial charge in [0.15, 0.2) is 0 Å². The first-order chi connectivity index (χ1) is 14.5. The molecule has 0 spiro atoms. The maximum atomic E-state index is 12.7. The van der Waals surface area contributed by atoms with Crippen LogP contribution in [0.15, 0.2) is 53.4 Å². The molecule has 1 saturated heterocycles. The number of aliphatic carboxylic acids is 1. The molecule has 1 heterocycles. The van der Waals surface area contributed by atoms with Crippen LogP contribution in [0.1, 0.15) is 28.4 Å². The van der Waals surface area contributed by atoms with E-state index in [1.54, 1.807) is 53.4 Å². The van der Waals surface area contributed by atoms with Crippen LogP contribution in [-0.2, 0) is 14.8 Å². The van der Waals surface area contributed by atoms with Crippen molar-refractivity contribution in [1.29, 1.82) is 5.41 Å². The predicted molar refractivity (Wildman–Crippen MR) is 117 cm³/mol. The van der Waals surface area contributed by atoms with Gasteiger partial charge in [0.1, 0.15) is 5.84 Å². The fraction of sp³-hybridized carbons (Fsp3) is 0.286. The van der Waals surface area contributed by atoms with Gasteiger partial charge >= 0.3 is 0 Å². The Labute approximate surface area is 181 Å². The zero-order valence-electron chi connectivity index (χ0n) is 17.4. The van der Waals surface area contributed by atoms with Gasteiger partial charge in [0, 0.05) is 44.2 Å². The van der Waals surface area contributed by atoms with E-state index in [-0.39, 0.29) is 29.7 Å². The summed E-state index contributed by atoms with van der Waals surface area (Å²) in [7, 11) is -3.55. The van der Waals surface area contributed by atoms with Crippen molar-refractivity contribution in [2.75, 3.05) is 26.2 Å². The summed E-state index contributed by atoms with van der Waals surface area (Å²) in [6, 6.07) is 13.3. The summed E-state index contributed by atoms with van der Waals surface area (Å²) in [5.74, 6) is -1.04. The van der Waals surface area contributed by atoms with Gasteiger partial charge in [0.2, 0.25) is 10.0 Å². The molecule has 9 nitrogen and oxygen atoms in total. The average molecular weight is 447 g/mol. The van der Waals surface area contributed by atoms with Gasteiger partial charge in [-0.1, -0.05) is 29.8 Å². The number of carbonyl (C=O) groups excluding carboxylic acids is 1. The molecule has 2 aromatic carbocycles. The van der Waals surface area contributed by atoms with Gasteiger partial charge < -0.3 is 15.7 Å². The molecule has 31 heavy (non-hydrogen) atoms. The quantitative estimate of drug-likeness (QED) is 0.480. The summed E-state index contributed by atoms with van der Waals surface area (Å²) in [4.78, 5) is 23.5. The summed E-state index contributed by atoms with van der Waals surface area (Å²) in [6.45, 7) is 4.17. The number of carboxylic acid groups (broad SMARTS) is 1. The van der Waals surface area contributed by atoms with Gasteiger partial charge in [-0.25, -0.2) is 8.42 Å². The number of carbonyl (C=O) groups is 2. The number of hydrogen-bond acceptors (Lipinski definition) is 5. The number of nitrogens with zero attached hydrogens (tertiary/aromatic N) is 2. The third-order valence-corrected chi connectivity index (χ3v) is 6.54. The fourth-order valence-corrected chi connectivity index (χ4v) is 4.39. The topological polar surface area (TPSA) is 145 Å². The minimum absolute atomic E-state index is 0.0519. The second-order valence-electron chi connectivity index (χ2n) is 7.02. The maximum Gasteiger partial charge on any atom is 0.300 e. The highest BCUT2D eigenvalue weighted by Gasteiger charge is 2.30. The molecule has 1 amide bonds. The smallest absolute Gasteiger partial charge is 0.300 e. The Kier molecular flexibility index (Phi) is 7.89. The van der Waals surface area contributed by atoms with Crippen molar-refractivity contribution in [3.05, 3.63) is 65.2 Å². The second kappa shape index (κ2) is 10.2. The Hall–Kier alpha value is -3.24. The number of nitrogens with one attached hydrogen (secondary N) is 1. The molecule has 0 aromatic heterocycles. The second-order valence-corrected chi connectivity index (χ2v) is 8.96. The number of amides is 1. The average Bonchev–Trinajstić information content (AvgIpc) is 2.73. The van der Waals surface area contributed by atoms with Crippen molar-refractivity contribution in [3.63, 3.8) is 0 Å². The lowest BCUT2D eigenvalue weighted by atomic mass is 10.1. The molecule has 0 aliphatic carbocycles. The van der Waals surface area contributed by atoms with Crippen LogP contribution < -0.4 is 5.73 Å². The van der Waals surface area contributed by atoms with Gasteiger partial charge in [0.05, 0.1) is 4.90 Å². The molecular weight excluding hydrogens is 420 g/mol. The number of benzene rings is 2. The summed E-state index contributed by atoms with van der Waals surface area (Å²) >= 11 is 0. The molecule has 2 aromatic rings. The summed E-state index contributed by atoms with van der Waals surface area (Å²) < 4.78 is 26.9. The first kappa shape index (κ1) is 24.0. The third-order valence-electron chi connectivity index (χ3n) is 4.63. The van der Waals surface area contributed by atoms with Crippen LogP contribution in [0, 0.1) is 12.3 Å². The van der Waals surface area contributed by atoms with E-state index in [4.69, 9.17) is 21.0 Å². The molecule has 0 saturated carbocycles. The Bertz CT molecular complexity index is 1040. The predicted octanol–water partition coefficient (Wildman–Crippen LogP) is 1.52. The number of rotatable bonds is 4. The Balaban J connectivity index is 0.000000785. The van der Waals surface area contributed by atoms with E-state index in [9.17, 15) is 13.2 Å². The summed E-state index contributed by atoms with van der Waals surface area (Å²) in [5.41, 5.74) is 7.47. The minimum atomic E-state index is -3.55. The van der Waals surface area contributed by atoms with Crippen molar-refractivity contribution in [2.24, 2.45) is 5.73 Å². The van der Waals surface area contributed by atoms with Gasteiger partial charge in [-0.2, -0.15) is 4.31 Å². The molecular formula is C21H26N4O5S. The molecule has 166 valence electrons. The van der Waals surface area contributed by atoms with Crippen LogP contribution in [0.5, 0.6) is 0 Å².